The molecule has 0 bridgehead atoms. The molecule has 0 saturated heterocycles. The first-order chi connectivity index (χ1) is 9.85. The average molecular weight is 311 g/mol. The third-order valence-electron chi connectivity index (χ3n) is 4.35. The summed E-state index contributed by atoms with van der Waals surface area (Å²) in [5.74, 6) is 0. The van der Waals surface area contributed by atoms with Crippen LogP contribution in [0.2, 0.25) is 5.02 Å². The van der Waals surface area contributed by atoms with Gasteiger partial charge in [0, 0.05) is 23.0 Å². The van der Waals surface area contributed by atoms with Crippen LogP contribution in [0.1, 0.15) is 57.9 Å². The molecule has 0 radical (unpaired) electrons. The minimum atomic E-state index is -0.958. The van der Waals surface area contributed by atoms with Crippen LogP contribution < -0.4 is 5.32 Å². The van der Waals surface area contributed by atoms with Crippen molar-refractivity contribution in [1.29, 1.82) is 0 Å². The summed E-state index contributed by atoms with van der Waals surface area (Å²) in [4.78, 5) is 14.9. The molecule has 2 N–H and O–H groups in total. The Labute approximate surface area is 130 Å². The second kappa shape index (κ2) is 6.22. The van der Waals surface area contributed by atoms with Gasteiger partial charge in [0.15, 0.2) is 0 Å². The maximum Gasteiger partial charge on any atom is 0.405 e. The van der Waals surface area contributed by atoms with Gasteiger partial charge in [0.25, 0.3) is 0 Å². The molecule has 1 fully saturated rings. The van der Waals surface area contributed by atoms with Crippen LogP contribution in [0.5, 0.6) is 0 Å². The summed E-state index contributed by atoms with van der Waals surface area (Å²) in [7, 11) is 0. The van der Waals surface area contributed by atoms with E-state index < -0.39 is 6.09 Å². The van der Waals surface area contributed by atoms with E-state index in [1.54, 1.807) is 6.20 Å². The molecule has 1 aromatic rings. The first-order valence-electron chi connectivity index (χ1n) is 7.46. The number of unbranched alkanes of at least 4 members (excludes halogenated alkanes) is 1. The van der Waals surface area contributed by atoms with Crippen molar-refractivity contribution < 1.29 is 9.90 Å². The SMILES string of the molecule is CC(C)(CCCCC1(c2cnccc2Cl)CC1)NC(=O)O. The minimum Gasteiger partial charge on any atom is -0.465 e. The van der Waals surface area contributed by atoms with Crippen LogP contribution in [0.25, 0.3) is 0 Å². The number of nitrogens with zero attached hydrogens (tertiary/aromatic N) is 1. The fraction of sp³-hybridized carbons (Fsp3) is 0.625. The Morgan fingerprint density at radius 3 is 2.76 bits per heavy atom. The summed E-state index contributed by atoms with van der Waals surface area (Å²) in [5, 5.41) is 12.2. The van der Waals surface area contributed by atoms with Crippen LogP contribution in [-0.4, -0.2) is 21.7 Å². The normalized spacial score (nSPS) is 16.5. The minimum absolute atomic E-state index is 0.218. The maximum absolute atomic E-state index is 10.7. The quantitative estimate of drug-likeness (QED) is 0.735. The number of rotatable bonds is 7. The molecule has 1 aliphatic carbocycles. The summed E-state index contributed by atoms with van der Waals surface area (Å²) < 4.78 is 0. The van der Waals surface area contributed by atoms with E-state index in [9.17, 15) is 4.79 Å². The fourth-order valence-electron chi connectivity index (χ4n) is 2.95. The number of carboxylic acid groups (broad SMARTS) is 1. The van der Waals surface area contributed by atoms with Gasteiger partial charge in [-0.1, -0.05) is 24.4 Å². The van der Waals surface area contributed by atoms with Crippen molar-refractivity contribution in [3.05, 3.63) is 29.0 Å². The molecule has 0 aromatic carbocycles. The van der Waals surface area contributed by atoms with Crippen LogP contribution in [0, 0.1) is 0 Å². The van der Waals surface area contributed by atoms with Crippen molar-refractivity contribution in [2.24, 2.45) is 0 Å². The summed E-state index contributed by atoms with van der Waals surface area (Å²) in [6.07, 6.45) is 9.04. The number of nitrogens with one attached hydrogen (secondary N) is 1. The molecule has 1 heterocycles. The lowest BCUT2D eigenvalue weighted by Gasteiger charge is -2.25. The summed E-state index contributed by atoms with van der Waals surface area (Å²) in [6, 6.07) is 1.86. The molecule has 4 nitrogen and oxygen atoms in total. The standard InChI is InChI=1S/C16H23ClN2O2/c1-15(2,19-14(20)21)6-3-4-7-16(8-9-16)12-11-18-10-5-13(12)17/h5,10-11,19H,3-4,6-9H2,1-2H3,(H,20,21). The van der Waals surface area contributed by atoms with Gasteiger partial charge in [0.1, 0.15) is 0 Å². The van der Waals surface area contributed by atoms with E-state index in [2.05, 4.69) is 10.3 Å². The topological polar surface area (TPSA) is 62.2 Å². The smallest absolute Gasteiger partial charge is 0.405 e. The van der Waals surface area contributed by atoms with Gasteiger partial charge in [-0.3, -0.25) is 4.98 Å². The van der Waals surface area contributed by atoms with Gasteiger partial charge < -0.3 is 10.4 Å². The van der Waals surface area contributed by atoms with Gasteiger partial charge >= 0.3 is 6.09 Å². The van der Waals surface area contributed by atoms with Gasteiger partial charge in [-0.25, -0.2) is 4.79 Å². The first-order valence-corrected chi connectivity index (χ1v) is 7.84. The Hall–Kier alpha value is -1.29. The fourth-order valence-corrected chi connectivity index (χ4v) is 3.26. The van der Waals surface area contributed by atoms with Crippen molar-refractivity contribution in [3.63, 3.8) is 0 Å². The zero-order valence-corrected chi connectivity index (χ0v) is 13.4. The monoisotopic (exact) mass is 310 g/mol. The molecule has 5 heteroatoms. The van der Waals surface area contributed by atoms with Crippen molar-refractivity contribution in [3.8, 4) is 0 Å². The summed E-state index contributed by atoms with van der Waals surface area (Å²) in [6.45, 7) is 3.85. The Morgan fingerprint density at radius 1 is 1.48 bits per heavy atom. The van der Waals surface area contributed by atoms with Crippen LogP contribution in [0.4, 0.5) is 4.79 Å². The highest BCUT2D eigenvalue weighted by Gasteiger charge is 2.44. The van der Waals surface area contributed by atoms with Crippen LogP contribution in [-0.2, 0) is 5.41 Å². The molecule has 0 unspecified atom stereocenters. The van der Waals surface area contributed by atoms with E-state index in [0.29, 0.717) is 0 Å². The number of hydrogen-bond donors (Lipinski definition) is 2. The second-order valence-corrected chi connectivity index (χ2v) is 7.06. The molecule has 0 atom stereocenters. The van der Waals surface area contributed by atoms with E-state index in [0.717, 1.165) is 30.7 Å². The lowest BCUT2D eigenvalue weighted by molar-refractivity contribution is 0.180. The highest BCUT2D eigenvalue weighted by molar-refractivity contribution is 6.31. The summed E-state index contributed by atoms with van der Waals surface area (Å²) in [5.41, 5.74) is 1.03. The van der Waals surface area contributed by atoms with Crippen LogP contribution >= 0.6 is 11.6 Å². The van der Waals surface area contributed by atoms with Crippen molar-refractivity contribution in [2.45, 2.75) is 63.3 Å². The van der Waals surface area contributed by atoms with E-state index in [4.69, 9.17) is 16.7 Å². The van der Waals surface area contributed by atoms with Crippen molar-refractivity contribution in [2.75, 3.05) is 0 Å². The lowest BCUT2D eigenvalue weighted by atomic mass is 9.89. The third kappa shape index (κ3) is 4.34. The number of pyridine rings is 1. The van der Waals surface area contributed by atoms with Crippen molar-refractivity contribution >= 4 is 17.7 Å². The molecule has 0 spiro atoms. The van der Waals surface area contributed by atoms with Crippen molar-refractivity contribution in [1.82, 2.24) is 10.3 Å². The molecule has 2 rings (SSSR count). The van der Waals surface area contributed by atoms with Gasteiger partial charge in [-0.2, -0.15) is 0 Å². The number of hydrogen-bond acceptors (Lipinski definition) is 2. The molecule has 1 saturated carbocycles. The van der Waals surface area contributed by atoms with E-state index in [1.807, 2.05) is 26.1 Å². The Balaban J connectivity index is 1.82. The molecule has 1 aliphatic rings. The zero-order chi connectivity index (χ0) is 15.5. The number of amides is 1. The third-order valence-corrected chi connectivity index (χ3v) is 4.67. The Morgan fingerprint density at radius 2 is 2.19 bits per heavy atom. The second-order valence-electron chi connectivity index (χ2n) is 6.66. The molecule has 1 aromatic heterocycles. The first kappa shape index (κ1) is 16.1. The highest BCUT2D eigenvalue weighted by atomic mass is 35.5. The van der Waals surface area contributed by atoms with Gasteiger partial charge in [0.05, 0.1) is 0 Å². The molecular formula is C16H23ClN2O2. The molecular weight excluding hydrogens is 288 g/mol. The van der Waals surface area contributed by atoms with Crippen LogP contribution in [0.15, 0.2) is 18.5 Å². The van der Waals surface area contributed by atoms with Crippen LogP contribution in [0.3, 0.4) is 0 Å². The number of carbonyl (C=O) groups is 1. The predicted octanol–water partition coefficient (Wildman–Crippen LogP) is 4.37. The predicted molar refractivity (Wildman–Crippen MR) is 83.9 cm³/mol. The maximum atomic E-state index is 10.7. The molecule has 1 amide bonds. The molecule has 21 heavy (non-hydrogen) atoms. The van der Waals surface area contributed by atoms with E-state index in [1.165, 1.54) is 18.4 Å². The lowest BCUT2D eigenvalue weighted by Crippen LogP contribution is -2.42. The van der Waals surface area contributed by atoms with Gasteiger partial charge in [-0.15, -0.1) is 0 Å². The van der Waals surface area contributed by atoms with E-state index in [-0.39, 0.29) is 11.0 Å². The molecule has 0 aliphatic heterocycles. The van der Waals surface area contributed by atoms with E-state index >= 15 is 0 Å². The summed E-state index contributed by atoms with van der Waals surface area (Å²) >= 11 is 6.28. The largest absolute Gasteiger partial charge is 0.465 e. The Kier molecular flexibility index (Phi) is 4.77. The van der Waals surface area contributed by atoms with Gasteiger partial charge in [-0.05, 0) is 56.6 Å². The average Bonchev–Trinajstić information content (AvgIpc) is 3.15. The zero-order valence-electron chi connectivity index (χ0n) is 12.7. The van der Waals surface area contributed by atoms with Gasteiger partial charge in [0.2, 0.25) is 0 Å². The Bertz CT molecular complexity index is 513. The highest BCUT2D eigenvalue weighted by Crippen LogP contribution is 2.53. The number of halogens is 1. The number of aromatic nitrogens is 1. The molecule has 116 valence electrons.